The highest BCUT2D eigenvalue weighted by Gasteiger charge is 2.86. The number of benzene rings is 1. The number of hydrogen-bond acceptors (Lipinski definition) is 5. The fourth-order valence-corrected chi connectivity index (χ4v) is 10.2. The number of nitrogens with zero attached hydrogens (tertiary/aromatic N) is 1. The number of fused-ring (bicyclic) bond motifs is 2. The second-order valence-corrected chi connectivity index (χ2v) is 14.3. The van der Waals surface area contributed by atoms with E-state index >= 15 is 0 Å². The lowest BCUT2D eigenvalue weighted by molar-refractivity contribution is -0.345. The number of rotatable bonds is 4. The molecule has 0 aromatic heterocycles. The van der Waals surface area contributed by atoms with Gasteiger partial charge >= 0.3 is 0 Å². The van der Waals surface area contributed by atoms with Gasteiger partial charge in [0.2, 0.25) is 0 Å². The molecule has 2 spiro atoms. The van der Waals surface area contributed by atoms with Crippen molar-refractivity contribution in [2.45, 2.75) is 108 Å². The van der Waals surface area contributed by atoms with Crippen LogP contribution in [0.5, 0.6) is 11.5 Å². The third-order valence-corrected chi connectivity index (χ3v) is 12.5. The summed E-state index contributed by atoms with van der Waals surface area (Å²) in [5, 5.41) is 23.4. The fraction of sp³-hybridized carbons (Fsp3) is 0.800. The van der Waals surface area contributed by atoms with Crippen LogP contribution in [0.15, 0.2) is 12.1 Å². The number of methoxy groups -OCH3 is 1. The number of likely N-dealkylation sites (tertiary alicyclic amines) is 1. The number of aromatic hydroxyl groups is 1. The SMILES string of the molecule is COC12CCC3(C[C@@H]1C(C)(O)C(C)(C)C)[C@H]1Cc4ccc(O)c5c4[C@@]3(CCN1CC1CC1)[C@]2(C)O5. The first-order valence-electron chi connectivity index (χ1n) is 13.9. The summed E-state index contributed by atoms with van der Waals surface area (Å²) in [7, 11) is 1.83. The molecule has 192 valence electrons. The zero-order valence-corrected chi connectivity index (χ0v) is 22.4. The molecule has 1 aromatic rings. The molecule has 0 amide bonds. The molecule has 8 rings (SSSR count). The molecule has 1 saturated heterocycles. The number of piperidine rings is 1. The lowest BCUT2D eigenvalue weighted by Gasteiger charge is -2.78. The Labute approximate surface area is 210 Å². The van der Waals surface area contributed by atoms with Crippen LogP contribution in [0.1, 0.15) is 84.3 Å². The summed E-state index contributed by atoms with van der Waals surface area (Å²) in [5.41, 5.74) is -0.0893. The molecule has 4 bridgehead atoms. The lowest BCUT2D eigenvalue weighted by Crippen LogP contribution is -2.87. The number of aliphatic hydroxyl groups is 1. The molecule has 0 radical (unpaired) electrons. The Balaban J connectivity index is 1.51. The molecule has 1 aromatic carbocycles. The number of hydrogen-bond donors (Lipinski definition) is 2. The molecule has 5 fully saturated rings. The summed E-state index contributed by atoms with van der Waals surface area (Å²) in [4.78, 5) is 2.82. The van der Waals surface area contributed by atoms with Crippen molar-refractivity contribution in [1.82, 2.24) is 4.90 Å². The minimum absolute atomic E-state index is 0.00111. The van der Waals surface area contributed by atoms with Crippen LogP contribution >= 0.6 is 0 Å². The Morgan fingerprint density at radius 3 is 2.54 bits per heavy atom. The van der Waals surface area contributed by atoms with E-state index in [1.54, 1.807) is 0 Å². The molecule has 7 atom stereocenters. The standard InChI is InChI=1S/C30H43NO4/c1-25(2,3)26(4,33)21-16-28-11-12-30(21,34-6)27(5)29(28)13-14-31(17-18-7-8-18)22(28)15-19-9-10-20(32)24(35-27)23(19)29/h9-10,18,21-22,32-33H,7-8,11-17H2,1-6H3/t21-,22-,26?,27+,28?,29+,30?/m1/s1. The van der Waals surface area contributed by atoms with E-state index in [0.717, 1.165) is 44.6 Å². The van der Waals surface area contributed by atoms with Crippen molar-refractivity contribution in [1.29, 1.82) is 0 Å². The minimum atomic E-state index is -0.933. The van der Waals surface area contributed by atoms with Gasteiger partial charge in [-0.15, -0.1) is 0 Å². The third kappa shape index (κ3) is 2.26. The van der Waals surface area contributed by atoms with Crippen LogP contribution in [0.2, 0.25) is 0 Å². The molecule has 5 heteroatoms. The van der Waals surface area contributed by atoms with Gasteiger partial charge in [-0.05, 0) is 88.3 Å². The number of phenolic OH excluding ortho intramolecular Hbond substituents is 1. The van der Waals surface area contributed by atoms with Crippen molar-refractivity contribution in [2.75, 3.05) is 20.2 Å². The maximum absolute atomic E-state index is 12.3. The Morgan fingerprint density at radius 2 is 1.89 bits per heavy atom. The third-order valence-electron chi connectivity index (χ3n) is 12.5. The zero-order valence-electron chi connectivity index (χ0n) is 22.4. The highest BCUT2D eigenvalue weighted by Crippen LogP contribution is 2.81. The second kappa shape index (κ2) is 6.39. The van der Waals surface area contributed by atoms with E-state index in [9.17, 15) is 10.2 Å². The summed E-state index contributed by atoms with van der Waals surface area (Å²) in [5.74, 6) is 1.74. The van der Waals surface area contributed by atoms with Crippen LogP contribution in [-0.2, 0) is 16.6 Å². The van der Waals surface area contributed by atoms with Crippen molar-refractivity contribution in [3.63, 3.8) is 0 Å². The minimum Gasteiger partial charge on any atom is -0.504 e. The van der Waals surface area contributed by atoms with Crippen molar-refractivity contribution in [3.05, 3.63) is 23.3 Å². The van der Waals surface area contributed by atoms with E-state index < -0.39 is 16.8 Å². The normalized spacial score (nSPS) is 45.1. The largest absolute Gasteiger partial charge is 0.504 e. The first-order chi connectivity index (χ1) is 16.4. The molecule has 2 heterocycles. The highest BCUT2D eigenvalue weighted by atomic mass is 16.6. The van der Waals surface area contributed by atoms with Gasteiger partial charge in [0.05, 0.1) is 11.0 Å². The van der Waals surface area contributed by atoms with Crippen molar-refractivity contribution in [3.8, 4) is 11.5 Å². The van der Waals surface area contributed by atoms with Crippen LogP contribution in [0, 0.1) is 22.7 Å². The zero-order chi connectivity index (χ0) is 24.8. The summed E-state index contributed by atoms with van der Waals surface area (Å²) in [6, 6.07) is 4.45. The summed E-state index contributed by atoms with van der Waals surface area (Å²) in [6.45, 7) is 13.1. The molecule has 3 unspecified atom stereocenters. The predicted molar refractivity (Wildman–Crippen MR) is 135 cm³/mol. The van der Waals surface area contributed by atoms with Crippen molar-refractivity contribution < 1.29 is 19.7 Å². The van der Waals surface area contributed by atoms with Crippen molar-refractivity contribution >= 4 is 0 Å². The van der Waals surface area contributed by atoms with Gasteiger partial charge in [0.15, 0.2) is 11.5 Å². The van der Waals surface area contributed by atoms with Gasteiger partial charge < -0.3 is 19.7 Å². The van der Waals surface area contributed by atoms with Gasteiger partial charge in [0.25, 0.3) is 0 Å². The van der Waals surface area contributed by atoms with E-state index in [2.05, 4.69) is 38.7 Å². The van der Waals surface area contributed by atoms with E-state index in [1.807, 2.05) is 20.1 Å². The Morgan fingerprint density at radius 1 is 1.14 bits per heavy atom. The van der Waals surface area contributed by atoms with Gasteiger partial charge in [0, 0.05) is 36.6 Å². The predicted octanol–water partition coefficient (Wildman–Crippen LogP) is 4.80. The molecule has 4 saturated carbocycles. The summed E-state index contributed by atoms with van der Waals surface area (Å²) >= 11 is 0. The quantitative estimate of drug-likeness (QED) is 0.647. The molecule has 35 heavy (non-hydrogen) atoms. The maximum atomic E-state index is 12.3. The van der Waals surface area contributed by atoms with E-state index in [4.69, 9.17) is 9.47 Å². The average Bonchev–Trinajstić information content (AvgIpc) is 3.56. The van der Waals surface area contributed by atoms with Gasteiger partial charge in [-0.3, -0.25) is 4.90 Å². The van der Waals surface area contributed by atoms with Gasteiger partial charge in [-0.25, -0.2) is 0 Å². The Bertz CT molecular complexity index is 1100. The molecule has 2 N–H and O–H groups in total. The van der Waals surface area contributed by atoms with Crippen LogP contribution in [0.4, 0.5) is 0 Å². The van der Waals surface area contributed by atoms with Gasteiger partial charge in [-0.2, -0.15) is 0 Å². The van der Waals surface area contributed by atoms with Gasteiger partial charge in [-0.1, -0.05) is 26.8 Å². The van der Waals surface area contributed by atoms with Crippen LogP contribution in [0.3, 0.4) is 0 Å². The van der Waals surface area contributed by atoms with Crippen LogP contribution < -0.4 is 4.74 Å². The highest BCUT2D eigenvalue weighted by molar-refractivity contribution is 5.65. The number of phenols is 1. The van der Waals surface area contributed by atoms with E-state index in [-0.39, 0.29) is 27.9 Å². The van der Waals surface area contributed by atoms with Crippen molar-refractivity contribution in [2.24, 2.45) is 22.7 Å². The van der Waals surface area contributed by atoms with E-state index in [0.29, 0.717) is 11.8 Å². The first-order valence-corrected chi connectivity index (χ1v) is 13.9. The maximum Gasteiger partial charge on any atom is 0.166 e. The van der Waals surface area contributed by atoms with Gasteiger partial charge in [0.1, 0.15) is 11.2 Å². The first kappa shape index (κ1) is 22.9. The van der Waals surface area contributed by atoms with E-state index in [1.165, 1.54) is 30.5 Å². The van der Waals surface area contributed by atoms with Crippen LogP contribution in [0.25, 0.3) is 0 Å². The molecule has 2 aliphatic heterocycles. The topological polar surface area (TPSA) is 62.2 Å². The Kier molecular flexibility index (Phi) is 4.18. The fourth-order valence-electron chi connectivity index (χ4n) is 10.2. The second-order valence-electron chi connectivity index (χ2n) is 14.3. The smallest absolute Gasteiger partial charge is 0.166 e. The Hall–Kier alpha value is -1.30. The molecule has 5 aliphatic carbocycles. The number of ether oxygens (including phenoxy) is 2. The molecular formula is C30H43NO4. The molecule has 7 aliphatic rings. The lowest BCUT2D eigenvalue weighted by atomic mass is 9.30. The molecule has 5 nitrogen and oxygen atoms in total. The monoisotopic (exact) mass is 481 g/mol. The van der Waals surface area contributed by atoms with Crippen LogP contribution in [-0.4, -0.2) is 58.2 Å². The average molecular weight is 482 g/mol. The summed E-state index contributed by atoms with van der Waals surface area (Å²) < 4.78 is 13.7. The summed E-state index contributed by atoms with van der Waals surface area (Å²) in [6.07, 6.45) is 7.71. The molecular weight excluding hydrogens is 438 g/mol.